The van der Waals surface area contributed by atoms with Gasteiger partial charge in [-0.25, -0.2) is 18.4 Å². The Morgan fingerprint density at radius 2 is 1.85 bits per heavy atom. The fourth-order valence-electron chi connectivity index (χ4n) is 4.42. The summed E-state index contributed by atoms with van der Waals surface area (Å²) in [5.41, 5.74) is 3.51. The van der Waals surface area contributed by atoms with Gasteiger partial charge in [-0.15, -0.1) is 0 Å². The van der Waals surface area contributed by atoms with Gasteiger partial charge < -0.3 is 9.88 Å². The molecule has 2 heterocycles. The highest BCUT2D eigenvalue weighted by molar-refractivity contribution is 5.94. The topological polar surface area (TPSA) is 64.7 Å². The minimum atomic E-state index is -0.650. The van der Waals surface area contributed by atoms with Crippen LogP contribution in [0.25, 0.3) is 5.69 Å². The predicted molar refractivity (Wildman–Crippen MR) is 119 cm³/mol. The molecule has 0 aliphatic heterocycles. The van der Waals surface area contributed by atoms with E-state index >= 15 is 0 Å². The molecule has 1 atom stereocenters. The maximum absolute atomic E-state index is 14.0. The molecule has 1 aliphatic rings. The number of nitrogens with one attached hydrogen (secondary N) is 1. The van der Waals surface area contributed by atoms with Gasteiger partial charge in [0.25, 0.3) is 5.91 Å². The summed E-state index contributed by atoms with van der Waals surface area (Å²) in [5, 5.41) is 7.66. The first-order chi connectivity index (χ1) is 16.0. The summed E-state index contributed by atoms with van der Waals surface area (Å²) in [5.74, 6) is -0.489. The van der Waals surface area contributed by atoms with E-state index in [-0.39, 0.29) is 17.5 Å². The first-order valence-corrected chi connectivity index (χ1v) is 10.9. The van der Waals surface area contributed by atoms with E-state index in [0.29, 0.717) is 22.8 Å². The molecule has 2 aromatic carbocycles. The van der Waals surface area contributed by atoms with Gasteiger partial charge in [0.1, 0.15) is 23.5 Å². The first-order valence-electron chi connectivity index (χ1n) is 10.9. The van der Waals surface area contributed by atoms with Crippen LogP contribution in [0.4, 0.5) is 8.78 Å². The fraction of sp³-hybridized carbons (Fsp3) is 0.240. The van der Waals surface area contributed by atoms with Gasteiger partial charge in [-0.1, -0.05) is 12.1 Å². The average Bonchev–Trinajstić information content (AvgIpc) is 3.42. The van der Waals surface area contributed by atoms with Crippen LogP contribution in [0.2, 0.25) is 0 Å². The molecular formula is C25H23F2N5O. The molecule has 1 N–H and O–H groups in total. The Morgan fingerprint density at radius 3 is 2.58 bits per heavy atom. The molecule has 1 aliphatic carbocycles. The van der Waals surface area contributed by atoms with Crippen LogP contribution in [0.1, 0.15) is 52.0 Å². The normalized spacial score (nSPS) is 14.0. The molecule has 5 rings (SSSR count). The molecule has 33 heavy (non-hydrogen) atoms. The lowest BCUT2D eigenvalue weighted by Crippen LogP contribution is -2.32. The maximum Gasteiger partial charge on any atom is 0.272 e. The van der Waals surface area contributed by atoms with Crippen LogP contribution in [-0.2, 0) is 19.9 Å². The number of hydrogen-bond donors (Lipinski definition) is 1. The van der Waals surface area contributed by atoms with Crippen molar-refractivity contribution in [3.05, 3.63) is 101 Å². The number of carbonyl (C=O) groups excluding carboxylic acids is 1. The molecule has 6 nitrogen and oxygen atoms in total. The van der Waals surface area contributed by atoms with Gasteiger partial charge in [-0.2, -0.15) is 5.10 Å². The fourth-order valence-corrected chi connectivity index (χ4v) is 4.42. The van der Waals surface area contributed by atoms with Gasteiger partial charge in [0.05, 0.1) is 5.69 Å². The van der Waals surface area contributed by atoms with Crippen molar-refractivity contribution in [1.29, 1.82) is 0 Å². The second-order valence-electron chi connectivity index (χ2n) is 8.23. The summed E-state index contributed by atoms with van der Waals surface area (Å²) < 4.78 is 31.0. The summed E-state index contributed by atoms with van der Waals surface area (Å²) in [7, 11) is 1.83. The van der Waals surface area contributed by atoms with Gasteiger partial charge >= 0.3 is 0 Å². The van der Waals surface area contributed by atoms with Crippen LogP contribution in [-0.4, -0.2) is 25.2 Å². The molecule has 1 amide bonds. The van der Waals surface area contributed by atoms with Crippen molar-refractivity contribution in [2.24, 2.45) is 7.05 Å². The minimum absolute atomic E-state index is 0.328. The Balaban J connectivity index is 1.54. The van der Waals surface area contributed by atoms with E-state index in [1.54, 1.807) is 45.9 Å². The first kappa shape index (κ1) is 21.1. The van der Waals surface area contributed by atoms with Crippen molar-refractivity contribution >= 4 is 5.91 Å². The summed E-state index contributed by atoms with van der Waals surface area (Å²) >= 11 is 0. The minimum Gasteiger partial charge on any atom is -0.337 e. The second kappa shape index (κ2) is 8.61. The summed E-state index contributed by atoms with van der Waals surface area (Å²) in [6.45, 7) is 0. The molecule has 0 radical (unpaired) electrons. The van der Waals surface area contributed by atoms with E-state index < -0.39 is 6.04 Å². The van der Waals surface area contributed by atoms with E-state index in [0.717, 1.165) is 36.9 Å². The summed E-state index contributed by atoms with van der Waals surface area (Å²) in [4.78, 5) is 17.9. The molecule has 168 valence electrons. The molecule has 1 unspecified atom stereocenters. The van der Waals surface area contributed by atoms with Crippen molar-refractivity contribution in [1.82, 2.24) is 24.6 Å². The van der Waals surface area contributed by atoms with Gasteiger partial charge in [-0.05, 0) is 67.6 Å². The number of hydrogen-bond acceptors (Lipinski definition) is 3. The lowest BCUT2D eigenvalue weighted by atomic mass is 9.95. The summed E-state index contributed by atoms with van der Waals surface area (Å²) in [6, 6.07) is 11.6. The maximum atomic E-state index is 14.0. The molecule has 0 saturated heterocycles. The number of aryl methyl sites for hydroxylation is 1. The van der Waals surface area contributed by atoms with Crippen molar-refractivity contribution in [3.8, 4) is 5.69 Å². The Bertz CT molecular complexity index is 1310. The number of carbonyl (C=O) groups is 1. The van der Waals surface area contributed by atoms with Crippen molar-refractivity contribution in [2.45, 2.75) is 31.7 Å². The number of aromatic nitrogens is 4. The highest BCUT2D eigenvalue weighted by Crippen LogP contribution is 2.28. The SMILES string of the molecule is Cn1ccnc1C(NC(=O)c1nn(-c2ccc(F)cc2)c2c1CCCC2)c1cccc(F)c1. The van der Waals surface area contributed by atoms with E-state index in [1.807, 2.05) is 7.05 Å². The van der Waals surface area contributed by atoms with Gasteiger partial charge in [0.15, 0.2) is 5.69 Å². The average molecular weight is 447 g/mol. The van der Waals surface area contributed by atoms with Crippen molar-refractivity contribution in [2.75, 3.05) is 0 Å². The summed E-state index contributed by atoms with van der Waals surface area (Å²) in [6.07, 6.45) is 6.92. The lowest BCUT2D eigenvalue weighted by molar-refractivity contribution is 0.0934. The Morgan fingerprint density at radius 1 is 1.06 bits per heavy atom. The van der Waals surface area contributed by atoms with Crippen LogP contribution in [0, 0.1) is 11.6 Å². The lowest BCUT2D eigenvalue weighted by Gasteiger charge is -2.19. The number of fused-ring (bicyclic) bond motifs is 1. The molecule has 2 aromatic heterocycles. The Labute approximate surface area is 189 Å². The monoisotopic (exact) mass is 447 g/mol. The van der Waals surface area contributed by atoms with Crippen LogP contribution in [0.15, 0.2) is 60.9 Å². The molecule has 0 saturated carbocycles. The van der Waals surface area contributed by atoms with Crippen molar-refractivity contribution < 1.29 is 13.6 Å². The van der Waals surface area contributed by atoms with Gasteiger partial charge in [0.2, 0.25) is 0 Å². The smallest absolute Gasteiger partial charge is 0.272 e. The Hall–Kier alpha value is -3.81. The van der Waals surface area contributed by atoms with Gasteiger partial charge in [0, 0.05) is 30.7 Å². The second-order valence-corrected chi connectivity index (χ2v) is 8.23. The van der Waals surface area contributed by atoms with E-state index in [9.17, 15) is 13.6 Å². The zero-order valence-electron chi connectivity index (χ0n) is 18.1. The molecule has 0 spiro atoms. The number of imidazole rings is 1. The van der Waals surface area contributed by atoms with Crippen LogP contribution < -0.4 is 5.32 Å². The third-order valence-corrected chi connectivity index (χ3v) is 6.04. The Kier molecular flexibility index (Phi) is 5.50. The quantitative estimate of drug-likeness (QED) is 0.497. The molecule has 0 bridgehead atoms. The highest BCUT2D eigenvalue weighted by Gasteiger charge is 2.29. The molecule has 0 fully saturated rings. The number of nitrogens with zero attached hydrogens (tertiary/aromatic N) is 4. The number of amides is 1. The van der Waals surface area contributed by atoms with Gasteiger partial charge in [-0.3, -0.25) is 4.79 Å². The molecule has 8 heteroatoms. The third kappa shape index (κ3) is 4.04. The zero-order valence-corrected chi connectivity index (χ0v) is 18.1. The number of halogens is 2. The third-order valence-electron chi connectivity index (χ3n) is 6.04. The standard InChI is InChI=1S/C25H23F2N5O/c1-31-14-13-28-24(31)22(16-5-4-6-18(27)15-16)29-25(33)23-20-7-2-3-8-21(20)32(30-23)19-11-9-17(26)10-12-19/h4-6,9-15,22H,2-3,7-8H2,1H3,(H,29,33). The van der Waals surface area contributed by atoms with Crippen LogP contribution in [0.3, 0.4) is 0 Å². The van der Waals surface area contributed by atoms with Crippen molar-refractivity contribution in [3.63, 3.8) is 0 Å². The van der Waals surface area contributed by atoms with E-state index in [4.69, 9.17) is 0 Å². The van der Waals surface area contributed by atoms with E-state index in [1.165, 1.54) is 24.3 Å². The van der Waals surface area contributed by atoms with E-state index in [2.05, 4.69) is 15.4 Å². The number of benzene rings is 2. The molecular weight excluding hydrogens is 424 g/mol. The zero-order chi connectivity index (χ0) is 22.9. The highest BCUT2D eigenvalue weighted by atomic mass is 19.1. The number of rotatable bonds is 5. The van der Waals surface area contributed by atoms with Crippen LogP contribution in [0.5, 0.6) is 0 Å². The molecule has 4 aromatic rings. The van der Waals surface area contributed by atoms with Crippen LogP contribution >= 0.6 is 0 Å². The largest absolute Gasteiger partial charge is 0.337 e. The predicted octanol–water partition coefficient (Wildman–Crippen LogP) is 4.28.